The van der Waals surface area contributed by atoms with E-state index in [9.17, 15) is 0 Å². The Hall–Kier alpha value is 0.782. The zero-order chi connectivity index (χ0) is 6.69. The van der Waals surface area contributed by atoms with Gasteiger partial charge in [0.25, 0.3) is 0 Å². The van der Waals surface area contributed by atoms with Crippen molar-refractivity contribution in [2.24, 2.45) is 0 Å². The van der Waals surface area contributed by atoms with Crippen LogP contribution in [0.1, 0.15) is 19.8 Å². The molecule has 1 aliphatic rings. The number of alkyl halides is 1. The van der Waals surface area contributed by atoms with Gasteiger partial charge in [-0.2, -0.15) is 0 Å². The van der Waals surface area contributed by atoms with Crippen molar-refractivity contribution in [3.05, 3.63) is 0 Å². The minimum absolute atomic E-state index is 0.0513. The molecule has 3 heteroatoms. The lowest BCUT2D eigenvalue weighted by Crippen LogP contribution is -2.26. The molecule has 1 saturated heterocycles. The maximum Gasteiger partial charge on any atom is 0.461 e. The van der Waals surface area contributed by atoms with E-state index in [1.807, 2.05) is 0 Å². The van der Waals surface area contributed by atoms with Crippen LogP contribution in [0, 0.1) is 0 Å². The summed E-state index contributed by atoms with van der Waals surface area (Å²) in [5.74, 6) is 0. The van der Waals surface area contributed by atoms with Crippen LogP contribution in [0.3, 0.4) is 0 Å². The lowest BCUT2D eigenvalue weighted by atomic mass is 10.3. The Morgan fingerprint density at radius 1 is 1.78 bits per heavy atom. The topological polar surface area (TPSA) is 9.23 Å². The maximum absolute atomic E-state index is 5.80. The van der Waals surface area contributed by atoms with Crippen LogP contribution in [0.5, 0.6) is 0 Å². The second-order valence-electron chi connectivity index (χ2n) is 2.51. The van der Waals surface area contributed by atoms with E-state index in [0.29, 0.717) is 0 Å². The van der Waals surface area contributed by atoms with Crippen molar-refractivity contribution in [2.75, 3.05) is 0 Å². The fraction of sp³-hybridized carbons (Fsp3) is 1.00. The Labute approximate surface area is 66.1 Å². The molecule has 0 aromatic rings. The van der Waals surface area contributed by atoms with Crippen LogP contribution in [0.25, 0.3) is 0 Å². The fourth-order valence-electron chi connectivity index (χ4n) is 1.15. The highest BCUT2D eigenvalue weighted by molar-refractivity contribution is 6.52. The summed E-state index contributed by atoms with van der Waals surface area (Å²) in [6.45, 7) is 2.20. The molecule has 1 heterocycles. The highest BCUT2D eigenvalue weighted by Gasteiger charge is 2.25. The highest BCUT2D eigenvalue weighted by atomic mass is 35.5. The molecule has 0 aliphatic carbocycles. The lowest BCUT2D eigenvalue weighted by Gasteiger charge is -2.22. The first-order valence-electron chi connectivity index (χ1n) is 3.62. The first kappa shape index (κ1) is 7.88. The van der Waals surface area contributed by atoms with Crippen LogP contribution >= 0.6 is 11.6 Å². The molecule has 0 aromatic carbocycles. The second-order valence-corrected chi connectivity index (χ2v) is 5.90. The zero-order valence-corrected chi connectivity index (χ0v) is 7.68. The SMILES string of the molecule is C[CH2][Al]1[CH2]CCC(Cl)[O]1. The quantitative estimate of drug-likeness (QED) is 0.425. The highest BCUT2D eigenvalue weighted by Crippen LogP contribution is 2.21. The van der Waals surface area contributed by atoms with Gasteiger partial charge in [0, 0.05) is 0 Å². The van der Waals surface area contributed by atoms with Crippen LogP contribution in [0.2, 0.25) is 10.6 Å². The van der Waals surface area contributed by atoms with Crippen LogP contribution in [0.4, 0.5) is 0 Å². The van der Waals surface area contributed by atoms with Crippen LogP contribution in [-0.4, -0.2) is 20.0 Å². The molecule has 1 fully saturated rings. The van der Waals surface area contributed by atoms with E-state index in [1.165, 1.54) is 17.0 Å². The molecule has 1 rings (SSSR count). The maximum atomic E-state index is 5.80. The third-order valence-corrected chi connectivity index (χ3v) is 4.92. The van der Waals surface area contributed by atoms with Crippen LogP contribution < -0.4 is 0 Å². The third-order valence-electron chi connectivity index (χ3n) is 1.75. The van der Waals surface area contributed by atoms with Crippen molar-refractivity contribution in [1.29, 1.82) is 0 Å². The van der Waals surface area contributed by atoms with Crippen molar-refractivity contribution in [2.45, 2.75) is 35.9 Å². The van der Waals surface area contributed by atoms with Crippen molar-refractivity contribution in [1.82, 2.24) is 0 Å². The van der Waals surface area contributed by atoms with Gasteiger partial charge in [0.2, 0.25) is 0 Å². The molecule has 0 amide bonds. The number of halogens is 1. The molecule has 0 aromatic heterocycles. The van der Waals surface area contributed by atoms with E-state index in [4.69, 9.17) is 15.4 Å². The summed E-state index contributed by atoms with van der Waals surface area (Å²) in [6, 6.07) is 0. The molecule has 1 unspecified atom stereocenters. The fourth-order valence-corrected chi connectivity index (χ4v) is 3.72. The van der Waals surface area contributed by atoms with Crippen molar-refractivity contribution in [3.8, 4) is 0 Å². The zero-order valence-electron chi connectivity index (χ0n) is 5.77. The summed E-state index contributed by atoms with van der Waals surface area (Å²) < 4.78 is 5.54. The van der Waals surface area contributed by atoms with Crippen LogP contribution in [-0.2, 0) is 3.79 Å². The molecule has 0 N–H and O–H groups in total. The minimum atomic E-state index is -0.795. The summed E-state index contributed by atoms with van der Waals surface area (Å²) in [6.07, 6.45) is 2.35. The summed E-state index contributed by atoms with van der Waals surface area (Å²) >= 11 is 5.01. The van der Waals surface area contributed by atoms with Crippen molar-refractivity contribution in [3.63, 3.8) is 0 Å². The van der Waals surface area contributed by atoms with E-state index >= 15 is 0 Å². The van der Waals surface area contributed by atoms with Gasteiger partial charge >= 0.3 is 14.5 Å². The Morgan fingerprint density at radius 3 is 3.00 bits per heavy atom. The summed E-state index contributed by atoms with van der Waals surface area (Å²) in [5, 5.41) is 2.57. The van der Waals surface area contributed by atoms with Gasteiger partial charge in [-0.25, -0.2) is 0 Å². The molecule has 1 atom stereocenters. The van der Waals surface area contributed by atoms with Gasteiger partial charge < -0.3 is 3.79 Å². The number of hydrogen-bond acceptors (Lipinski definition) is 1. The van der Waals surface area contributed by atoms with E-state index in [2.05, 4.69) is 6.92 Å². The van der Waals surface area contributed by atoms with Gasteiger partial charge in [-0.15, -0.1) is 0 Å². The number of rotatable bonds is 1. The van der Waals surface area contributed by atoms with Crippen molar-refractivity contribution >= 4 is 26.1 Å². The number of hydrogen-bond donors (Lipinski definition) is 0. The normalized spacial score (nSPS) is 28.7. The standard InChI is InChI=1S/C4H7ClO.C2H5.Al/c1-2-3-4(5)6;1-2;/h4H,1-3H2;1H2,2H3;/q-1;;+1. The van der Waals surface area contributed by atoms with E-state index in [0.717, 1.165) is 6.42 Å². The summed E-state index contributed by atoms with van der Waals surface area (Å²) in [4.78, 5) is 0. The van der Waals surface area contributed by atoms with Crippen molar-refractivity contribution < 1.29 is 3.79 Å². The molecule has 52 valence electrons. The predicted octanol–water partition coefficient (Wildman–Crippen LogP) is 2.37. The van der Waals surface area contributed by atoms with E-state index in [-0.39, 0.29) is 5.56 Å². The van der Waals surface area contributed by atoms with Gasteiger partial charge in [0.1, 0.15) is 5.56 Å². The molecular formula is C6H12AlClO. The Morgan fingerprint density at radius 2 is 2.56 bits per heavy atom. The monoisotopic (exact) mass is 162 g/mol. The molecule has 0 saturated carbocycles. The van der Waals surface area contributed by atoms with Gasteiger partial charge in [-0.1, -0.05) is 35.5 Å². The molecule has 0 spiro atoms. The molecular weight excluding hydrogens is 150 g/mol. The van der Waals surface area contributed by atoms with Gasteiger partial charge in [0.05, 0.1) is 0 Å². The molecule has 1 aliphatic heterocycles. The predicted molar refractivity (Wildman–Crippen MR) is 41.0 cm³/mol. The Bertz CT molecular complexity index is 89.1. The average molecular weight is 163 g/mol. The van der Waals surface area contributed by atoms with E-state index < -0.39 is 14.5 Å². The average Bonchev–Trinajstić information content (AvgIpc) is 1.88. The Kier molecular flexibility index (Phi) is 3.36. The minimum Gasteiger partial charge on any atom is -0.487 e. The second kappa shape index (κ2) is 3.83. The van der Waals surface area contributed by atoms with Gasteiger partial charge in [-0.3, -0.25) is 0 Å². The lowest BCUT2D eigenvalue weighted by molar-refractivity contribution is 0.247. The van der Waals surface area contributed by atoms with Gasteiger partial charge in [-0.05, 0) is 6.42 Å². The Balaban J connectivity index is 2.23. The van der Waals surface area contributed by atoms with Crippen LogP contribution in [0.15, 0.2) is 0 Å². The summed E-state index contributed by atoms with van der Waals surface area (Å²) in [5.41, 5.74) is 0.0513. The molecule has 0 radical (unpaired) electrons. The van der Waals surface area contributed by atoms with Gasteiger partial charge in [0.15, 0.2) is 0 Å². The van der Waals surface area contributed by atoms with E-state index in [1.54, 1.807) is 0 Å². The molecule has 9 heavy (non-hydrogen) atoms. The first-order valence-corrected chi connectivity index (χ1v) is 6.16. The first-order chi connectivity index (χ1) is 4.33. The summed E-state index contributed by atoms with van der Waals surface area (Å²) in [7, 11) is 0. The smallest absolute Gasteiger partial charge is 0.461 e. The third kappa shape index (κ3) is 2.47. The molecule has 1 nitrogen and oxygen atoms in total. The molecule has 0 bridgehead atoms. The largest absolute Gasteiger partial charge is 0.487 e.